The summed E-state index contributed by atoms with van der Waals surface area (Å²) in [6.07, 6.45) is 1.47. The highest BCUT2D eigenvalue weighted by Gasteiger charge is 2.07. The molecular weight excluding hydrogens is 195 g/mol. The largest absolute Gasteiger partial charge is 0.494 e. The lowest BCUT2D eigenvalue weighted by atomic mass is 10.1. The summed E-state index contributed by atoms with van der Waals surface area (Å²) in [6.45, 7) is 3.63. The van der Waals surface area contributed by atoms with E-state index in [1.165, 1.54) is 25.3 Å². The normalized spacial score (nSPS) is 9.60. The van der Waals surface area contributed by atoms with Crippen molar-refractivity contribution in [2.45, 2.75) is 13.8 Å². The van der Waals surface area contributed by atoms with Gasteiger partial charge >= 0.3 is 0 Å². The first-order chi connectivity index (χ1) is 7.04. The van der Waals surface area contributed by atoms with Gasteiger partial charge in [-0.25, -0.2) is 4.39 Å². The van der Waals surface area contributed by atoms with Crippen LogP contribution in [0.5, 0.6) is 5.75 Å². The summed E-state index contributed by atoms with van der Waals surface area (Å²) in [5.74, 6) is -0.578. The highest BCUT2D eigenvalue weighted by Crippen LogP contribution is 2.18. The lowest BCUT2D eigenvalue weighted by Crippen LogP contribution is -1.97. The summed E-state index contributed by atoms with van der Waals surface area (Å²) < 4.78 is 18.0. The second kappa shape index (κ2) is 4.73. The van der Waals surface area contributed by atoms with Crippen LogP contribution in [0.3, 0.4) is 0 Å². The molecule has 15 heavy (non-hydrogen) atoms. The van der Waals surface area contributed by atoms with Crippen LogP contribution in [0.4, 0.5) is 4.39 Å². The number of carbonyl (C=O) groups excluding carboxylic acids is 1. The molecule has 80 valence electrons. The van der Waals surface area contributed by atoms with Crippen molar-refractivity contribution in [1.82, 2.24) is 0 Å². The van der Waals surface area contributed by atoms with Crippen LogP contribution in [0.25, 0.3) is 0 Å². The molecule has 0 saturated carbocycles. The summed E-state index contributed by atoms with van der Waals surface area (Å²) in [7, 11) is 1.38. The van der Waals surface area contributed by atoms with Crippen LogP contribution < -0.4 is 4.74 Å². The molecule has 0 atom stereocenters. The predicted molar refractivity (Wildman–Crippen MR) is 56.7 cm³/mol. The van der Waals surface area contributed by atoms with Crippen LogP contribution in [0.15, 0.2) is 29.8 Å². The van der Waals surface area contributed by atoms with E-state index in [1.54, 1.807) is 6.07 Å². The van der Waals surface area contributed by atoms with Crippen LogP contribution >= 0.6 is 0 Å². The second-order valence-corrected chi connectivity index (χ2v) is 3.44. The fourth-order valence-corrected chi connectivity index (χ4v) is 1.17. The lowest BCUT2D eigenvalue weighted by molar-refractivity contribution is 0.104. The second-order valence-electron chi connectivity index (χ2n) is 3.44. The lowest BCUT2D eigenvalue weighted by Gasteiger charge is -2.02. The molecule has 2 nitrogen and oxygen atoms in total. The van der Waals surface area contributed by atoms with Crippen molar-refractivity contribution in [3.05, 3.63) is 41.2 Å². The Kier molecular flexibility index (Phi) is 3.61. The first-order valence-corrected chi connectivity index (χ1v) is 4.57. The molecule has 0 saturated heterocycles. The van der Waals surface area contributed by atoms with Crippen LogP contribution in [0.1, 0.15) is 24.2 Å². The standard InChI is InChI=1S/C12H13FO2/c1-8(2)6-11(14)9-4-5-12(15-3)10(13)7-9/h4-7H,1-3H3. The molecule has 0 aliphatic heterocycles. The number of hydrogen-bond acceptors (Lipinski definition) is 2. The minimum atomic E-state index is -0.523. The molecule has 0 aliphatic carbocycles. The van der Waals surface area contributed by atoms with Gasteiger partial charge in [0.25, 0.3) is 0 Å². The SMILES string of the molecule is COc1ccc(C(=O)C=C(C)C)cc1F. The first kappa shape index (κ1) is 11.4. The molecule has 0 amide bonds. The predicted octanol–water partition coefficient (Wildman–Crippen LogP) is 2.98. The van der Waals surface area contributed by atoms with Gasteiger partial charge in [0.15, 0.2) is 17.3 Å². The van der Waals surface area contributed by atoms with E-state index < -0.39 is 5.82 Å². The maximum atomic E-state index is 13.3. The van der Waals surface area contributed by atoms with E-state index in [4.69, 9.17) is 4.74 Å². The highest BCUT2D eigenvalue weighted by molar-refractivity contribution is 6.04. The molecule has 0 heterocycles. The third-order valence-corrected chi connectivity index (χ3v) is 1.86. The molecule has 3 heteroatoms. The monoisotopic (exact) mass is 208 g/mol. The number of rotatable bonds is 3. The van der Waals surface area contributed by atoms with E-state index in [0.29, 0.717) is 5.56 Å². The fourth-order valence-electron chi connectivity index (χ4n) is 1.17. The summed E-state index contributed by atoms with van der Waals surface area (Å²) in [4.78, 5) is 11.5. The van der Waals surface area contributed by atoms with E-state index in [0.717, 1.165) is 5.57 Å². The number of methoxy groups -OCH3 is 1. The van der Waals surface area contributed by atoms with Crippen molar-refractivity contribution >= 4 is 5.78 Å². The molecule has 0 N–H and O–H groups in total. The van der Waals surface area contributed by atoms with Crippen molar-refractivity contribution in [3.8, 4) is 5.75 Å². The molecular formula is C12H13FO2. The number of hydrogen-bond donors (Lipinski definition) is 0. The van der Waals surface area contributed by atoms with Gasteiger partial charge in [-0.05, 0) is 38.1 Å². The Labute approximate surface area is 88.4 Å². The number of allylic oxidation sites excluding steroid dienone is 2. The van der Waals surface area contributed by atoms with Crippen LogP contribution in [0, 0.1) is 5.82 Å². The molecule has 0 spiro atoms. The zero-order chi connectivity index (χ0) is 11.4. The smallest absolute Gasteiger partial charge is 0.185 e. The van der Waals surface area contributed by atoms with Crippen molar-refractivity contribution < 1.29 is 13.9 Å². The molecule has 1 aromatic carbocycles. The summed E-state index contributed by atoms with van der Waals surface area (Å²) >= 11 is 0. The van der Waals surface area contributed by atoms with Gasteiger partial charge in [-0.3, -0.25) is 4.79 Å². The third-order valence-electron chi connectivity index (χ3n) is 1.86. The van der Waals surface area contributed by atoms with Crippen LogP contribution in [-0.4, -0.2) is 12.9 Å². The summed E-state index contributed by atoms with van der Waals surface area (Å²) in [6, 6.07) is 4.17. The Morgan fingerprint density at radius 3 is 2.53 bits per heavy atom. The Bertz CT molecular complexity index is 404. The Morgan fingerprint density at radius 2 is 2.07 bits per heavy atom. The Hall–Kier alpha value is -1.64. The zero-order valence-electron chi connectivity index (χ0n) is 9.00. The number of carbonyl (C=O) groups is 1. The van der Waals surface area contributed by atoms with Crippen molar-refractivity contribution in [3.63, 3.8) is 0 Å². The summed E-state index contributed by atoms with van der Waals surface area (Å²) in [5.41, 5.74) is 1.21. The molecule has 0 bridgehead atoms. The molecule has 0 aliphatic rings. The molecule has 0 fully saturated rings. The van der Waals surface area contributed by atoms with Gasteiger partial charge < -0.3 is 4.74 Å². The number of ether oxygens (including phenoxy) is 1. The maximum absolute atomic E-state index is 13.3. The topological polar surface area (TPSA) is 26.3 Å². The molecule has 0 radical (unpaired) electrons. The van der Waals surface area contributed by atoms with Gasteiger partial charge in [-0.15, -0.1) is 0 Å². The summed E-state index contributed by atoms with van der Waals surface area (Å²) in [5, 5.41) is 0. The minimum Gasteiger partial charge on any atom is -0.494 e. The number of benzene rings is 1. The molecule has 1 rings (SSSR count). The van der Waals surface area contributed by atoms with Crippen molar-refractivity contribution in [1.29, 1.82) is 0 Å². The highest BCUT2D eigenvalue weighted by atomic mass is 19.1. The van der Waals surface area contributed by atoms with E-state index in [-0.39, 0.29) is 11.5 Å². The maximum Gasteiger partial charge on any atom is 0.185 e. The van der Waals surface area contributed by atoms with Gasteiger partial charge in [0, 0.05) is 5.56 Å². The number of ketones is 1. The van der Waals surface area contributed by atoms with E-state index in [2.05, 4.69) is 0 Å². The van der Waals surface area contributed by atoms with Gasteiger partial charge in [-0.1, -0.05) is 5.57 Å². The average Bonchev–Trinajstić information content (AvgIpc) is 2.16. The van der Waals surface area contributed by atoms with Gasteiger partial charge in [0.1, 0.15) is 0 Å². The van der Waals surface area contributed by atoms with E-state index in [9.17, 15) is 9.18 Å². The first-order valence-electron chi connectivity index (χ1n) is 4.57. The van der Waals surface area contributed by atoms with Gasteiger partial charge in [-0.2, -0.15) is 0 Å². The quantitative estimate of drug-likeness (QED) is 0.563. The van der Waals surface area contributed by atoms with Gasteiger partial charge in [0.05, 0.1) is 7.11 Å². The fraction of sp³-hybridized carbons (Fsp3) is 0.250. The molecule has 0 aromatic heterocycles. The van der Waals surface area contributed by atoms with E-state index in [1.807, 2.05) is 13.8 Å². The zero-order valence-corrected chi connectivity index (χ0v) is 9.00. The molecule has 0 unspecified atom stereocenters. The Morgan fingerprint density at radius 1 is 1.40 bits per heavy atom. The van der Waals surface area contributed by atoms with Crippen LogP contribution in [-0.2, 0) is 0 Å². The third kappa shape index (κ3) is 2.91. The average molecular weight is 208 g/mol. The minimum absolute atomic E-state index is 0.142. The Balaban J connectivity index is 3.03. The number of halogens is 1. The van der Waals surface area contributed by atoms with Gasteiger partial charge in [0.2, 0.25) is 0 Å². The van der Waals surface area contributed by atoms with Crippen molar-refractivity contribution in [2.75, 3.05) is 7.11 Å². The van der Waals surface area contributed by atoms with E-state index >= 15 is 0 Å². The van der Waals surface area contributed by atoms with Crippen LogP contribution in [0.2, 0.25) is 0 Å². The van der Waals surface area contributed by atoms with Crippen molar-refractivity contribution in [2.24, 2.45) is 0 Å². The molecule has 1 aromatic rings.